The first kappa shape index (κ1) is 10.2. The second-order valence-corrected chi connectivity index (χ2v) is 5.23. The first-order chi connectivity index (χ1) is 6.74. The Labute approximate surface area is 87.8 Å². The average molecular weight is 193 g/mol. The van der Waals surface area contributed by atoms with Crippen LogP contribution in [0.25, 0.3) is 0 Å². The summed E-state index contributed by atoms with van der Waals surface area (Å²) in [4.78, 5) is 0. The monoisotopic (exact) mass is 193 g/mol. The smallest absolute Gasteiger partial charge is 0.00761 e. The molecule has 2 aliphatic carbocycles. The van der Waals surface area contributed by atoms with Gasteiger partial charge in [-0.2, -0.15) is 0 Å². The van der Waals surface area contributed by atoms with E-state index in [1.54, 1.807) is 5.57 Å². The third-order valence-corrected chi connectivity index (χ3v) is 4.16. The number of allylic oxidation sites excluding steroid dienone is 1. The average Bonchev–Trinajstić information content (AvgIpc) is 2.11. The third kappa shape index (κ3) is 2.03. The van der Waals surface area contributed by atoms with E-state index >= 15 is 0 Å². The van der Waals surface area contributed by atoms with Crippen LogP contribution < -0.4 is 5.73 Å². The van der Waals surface area contributed by atoms with Gasteiger partial charge in [0.05, 0.1) is 0 Å². The molecule has 2 rings (SSSR count). The highest BCUT2D eigenvalue weighted by Gasteiger charge is 2.33. The fourth-order valence-electron chi connectivity index (χ4n) is 2.93. The zero-order valence-corrected chi connectivity index (χ0v) is 9.39. The van der Waals surface area contributed by atoms with Gasteiger partial charge < -0.3 is 5.73 Å². The zero-order valence-electron chi connectivity index (χ0n) is 9.39. The van der Waals surface area contributed by atoms with Gasteiger partial charge in [0, 0.05) is 6.04 Å². The largest absolute Gasteiger partial charge is 0.327 e. The molecule has 2 fully saturated rings. The highest BCUT2D eigenvalue weighted by molar-refractivity contribution is 5.15. The van der Waals surface area contributed by atoms with Crippen molar-refractivity contribution in [1.29, 1.82) is 0 Å². The van der Waals surface area contributed by atoms with Crippen LogP contribution >= 0.6 is 0 Å². The van der Waals surface area contributed by atoms with Gasteiger partial charge in [0.2, 0.25) is 0 Å². The van der Waals surface area contributed by atoms with E-state index in [-0.39, 0.29) is 0 Å². The molecule has 0 aromatic heterocycles. The van der Waals surface area contributed by atoms with Crippen molar-refractivity contribution in [3.63, 3.8) is 0 Å². The molecule has 1 unspecified atom stereocenters. The van der Waals surface area contributed by atoms with Crippen LogP contribution in [-0.4, -0.2) is 6.04 Å². The third-order valence-electron chi connectivity index (χ3n) is 4.16. The number of hydrogen-bond donors (Lipinski definition) is 1. The summed E-state index contributed by atoms with van der Waals surface area (Å²) in [5.41, 5.74) is 8.25. The van der Waals surface area contributed by atoms with Gasteiger partial charge in [-0.1, -0.05) is 25.0 Å². The summed E-state index contributed by atoms with van der Waals surface area (Å²) in [6.07, 6.45) is 13.2. The van der Waals surface area contributed by atoms with E-state index in [0.29, 0.717) is 11.5 Å². The second kappa shape index (κ2) is 4.06. The van der Waals surface area contributed by atoms with Crippen molar-refractivity contribution in [2.45, 2.75) is 64.3 Å². The van der Waals surface area contributed by atoms with Gasteiger partial charge >= 0.3 is 0 Å². The molecule has 0 amide bonds. The van der Waals surface area contributed by atoms with Crippen molar-refractivity contribution in [3.8, 4) is 0 Å². The molecule has 0 radical (unpaired) electrons. The number of rotatable bonds is 2. The molecule has 0 spiro atoms. The van der Waals surface area contributed by atoms with Crippen LogP contribution in [0.1, 0.15) is 58.3 Å². The maximum Gasteiger partial charge on any atom is 0.00761 e. The molecule has 80 valence electrons. The Morgan fingerprint density at radius 3 is 2.71 bits per heavy atom. The van der Waals surface area contributed by atoms with Crippen molar-refractivity contribution in [2.75, 3.05) is 0 Å². The molecule has 1 nitrogen and oxygen atoms in total. The lowest BCUT2D eigenvalue weighted by Crippen LogP contribution is -2.29. The predicted molar refractivity (Wildman–Crippen MR) is 61.1 cm³/mol. The van der Waals surface area contributed by atoms with Crippen molar-refractivity contribution in [3.05, 3.63) is 11.6 Å². The Bertz CT molecular complexity index is 220. The minimum Gasteiger partial charge on any atom is -0.327 e. The lowest BCUT2D eigenvalue weighted by atomic mass is 9.65. The van der Waals surface area contributed by atoms with Crippen LogP contribution in [0.4, 0.5) is 0 Å². The van der Waals surface area contributed by atoms with Crippen molar-refractivity contribution < 1.29 is 0 Å². The molecule has 2 saturated carbocycles. The minimum absolute atomic E-state index is 0.448. The molecule has 1 atom stereocenters. The van der Waals surface area contributed by atoms with E-state index in [1.807, 2.05) is 0 Å². The van der Waals surface area contributed by atoms with Gasteiger partial charge in [-0.05, 0) is 50.4 Å². The van der Waals surface area contributed by atoms with E-state index < -0.39 is 0 Å². The lowest BCUT2D eigenvalue weighted by molar-refractivity contribution is 0.193. The summed E-state index contributed by atoms with van der Waals surface area (Å²) < 4.78 is 0. The molecule has 0 bridgehead atoms. The van der Waals surface area contributed by atoms with Crippen LogP contribution in [0, 0.1) is 5.41 Å². The Morgan fingerprint density at radius 1 is 1.43 bits per heavy atom. The Morgan fingerprint density at radius 2 is 2.21 bits per heavy atom. The van der Waals surface area contributed by atoms with E-state index in [0.717, 1.165) is 0 Å². The Kier molecular flexibility index (Phi) is 2.96. The highest BCUT2D eigenvalue weighted by Crippen LogP contribution is 2.46. The number of nitrogens with two attached hydrogens (primary N) is 1. The van der Waals surface area contributed by atoms with Crippen molar-refractivity contribution >= 4 is 0 Å². The van der Waals surface area contributed by atoms with E-state index in [2.05, 4.69) is 13.0 Å². The SMILES string of the molecule is CCC1(/C=C2/CCCC(N)C2)CCC1. The molecule has 0 aliphatic heterocycles. The van der Waals surface area contributed by atoms with Gasteiger partial charge in [0.1, 0.15) is 0 Å². The fraction of sp³-hybridized carbons (Fsp3) is 0.846. The minimum atomic E-state index is 0.448. The molecule has 2 aliphatic rings. The zero-order chi connectivity index (χ0) is 10.0. The Balaban J connectivity index is 2.01. The fourth-order valence-corrected chi connectivity index (χ4v) is 2.93. The highest BCUT2D eigenvalue weighted by atomic mass is 14.6. The van der Waals surface area contributed by atoms with Gasteiger partial charge in [0.25, 0.3) is 0 Å². The summed E-state index contributed by atoms with van der Waals surface area (Å²) in [6, 6.07) is 0.448. The van der Waals surface area contributed by atoms with E-state index in [9.17, 15) is 0 Å². The van der Waals surface area contributed by atoms with Crippen LogP contribution in [0.15, 0.2) is 11.6 Å². The predicted octanol–water partition coefficient (Wildman–Crippen LogP) is 3.39. The molecular formula is C13H23N. The van der Waals surface area contributed by atoms with Crippen LogP contribution in [0.3, 0.4) is 0 Å². The van der Waals surface area contributed by atoms with Gasteiger partial charge in [0.15, 0.2) is 0 Å². The summed E-state index contributed by atoms with van der Waals surface area (Å²) in [5.74, 6) is 0. The van der Waals surface area contributed by atoms with Crippen molar-refractivity contribution in [1.82, 2.24) is 0 Å². The van der Waals surface area contributed by atoms with Gasteiger partial charge in [-0.15, -0.1) is 0 Å². The molecule has 0 aromatic carbocycles. The molecule has 1 heteroatoms. The van der Waals surface area contributed by atoms with Crippen LogP contribution in [-0.2, 0) is 0 Å². The van der Waals surface area contributed by atoms with Crippen molar-refractivity contribution in [2.24, 2.45) is 11.1 Å². The first-order valence-electron chi connectivity index (χ1n) is 6.20. The molecular weight excluding hydrogens is 170 g/mol. The van der Waals surface area contributed by atoms with Crippen LogP contribution in [0.5, 0.6) is 0 Å². The summed E-state index contributed by atoms with van der Waals surface area (Å²) >= 11 is 0. The second-order valence-electron chi connectivity index (χ2n) is 5.23. The quantitative estimate of drug-likeness (QED) is 0.668. The van der Waals surface area contributed by atoms with E-state index in [1.165, 1.54) is 51.4 Å². The summed E-state index contributed by atoms with van der Waals surface area (Å²) in [7, 11) is 0. The van der Waals surface area contributed by atoms with Gasteiger partial charge in [-0.3, -0.25) is 0 Å². The molecule has 0 saturated heterocycles. The van der Waals surface area contributed by atoms with Crippen LogP contribution in [0.2, 0.25) is 0 Å². The molecule has 0 heterocycles. The molecule has 2 N–H and O–H groups in total. The molecule has 0 aromatic rings. The topological polar surface area (TPSA) is 26.0 Å². The lowest BCUT2D eigenvalue weighted by Gasteiger charge is -2.40. The summed E-state index contributed by atoms with van der Waals surface area (Å²) in [5, 5.41) is 0. The maximum atomic E-state index is 6.00. The van der Waals surface area contributed by atoms with Gasteiger partial charge in [-0.25, -0.2) is 0 Å². The summed E-state index contributed by atoms with van der Waals surface area (Å²) in [6.45, 7) is 2.33. The standard InChI is InChI=1S/C13H23N/c1-2-13(7-4-8-13)10-11-5-3-6-12(14)9-11/h10,12H,2-9,14H2,1H3/b11-10-. The first-order valence-corrected chi connectivity index (χ1v) is 6.20. The maximum absolute atomic E-state index is 6.00. The Hall–Kier alpha value is -0.300. The molecule has 14 heavy (non-hydrogen) atoms. The number of hydrogen-bond acceptors (Lipinski definition) is 1. The normalized spacial score (nSPS) is 34.1. The van der Waals surface area contributed by atoms with E-state index in [4.69, 9.17) is 5.73 Å².